The van der Waals surface area contributed by atoms with Crippen LogP contribution in [0.25, 0.3) is 5.69 Å². The number of aryl methyl sites for hydroxylation is 1. The van der Waals surface area contributed by atoms with Crippen molar-refractivity contribution >= 4 is 23.0 Å². The van der Waals surface area contributed by atoms with Crippen LogP contribution < -0.4 is 10.4 Å². The lowest BCUT2D eigenvalue weighted by Crippen LogP contribution is -2.23. The molecular formula is C13H16FIN4O3. The van der Waals surface area contributed by atoms with Crippen molar-refractivity contribution in [1.82, 2.24) is 19.8 Å². The molecule has 2 rings (SSSR count). The van der Waals surface area contributed by atoms with Crippen molar-refractivity contribution in [2.45, 2.75) is 19.8 Å². The SMILES string of the molecule is CC(C)c1cc(-n2nnn(C)c2=O)c(OCCOI)cc1F. The Morgan fingerprint density at radius 2 is 2.05 bits per heavy atom. The van der Waals surface area contributed by atoms with Crippen molar-refractivity contribution in [3.05, 3.63) is 34.0 Å². The summed E-state index contributed by atoms with van der Waals surface area (Å²) in [5, 5.41) is 7.46. The standard InChI is InChI=1S/C13H16FIN4O3/c1-8(2)9-6-11(19-13(20)18(3)16-17-19)12(7-10(9)14)21-4-5-22-15/h6-8H,4-5H2,1-3H3. The lowest BCUT2D eigenvalue weighted by Gasteiger charge is -2.14. The number of halogens is 2. The molecule has 7 nitrogen and oxygen atoms in total. The Hall–Kier alpha value is -1.49. The number of tetrazole rings is 1. The minimum absolute atomic E-state index is 0.0437. The lowest BCUT2D eigenvalue weighted by molar-refractivity contribution is 0.254. The van der Waals surface area contributed by atoms with Crippen LogP contribution in [0.15, 0.2) is 16.9 Å². The zero-order valence-electron chi connectivity index (χ0n) is 12.4. The summed E-state index contributed by atoms with van der Waals surface area (Å²) < 4.78 is 26.7. The van der Waals surface area contributed by atoms with Crippen molar-refractivity contribution in [2.75, 3.05) is 13.2 Å². The molecule has 9 heteroatoms. The molecule has 0 N–H and O–H groups in total. The summed E-state index contributed by atoms with van der Waals surface area (Å²) in [5.41, 5.74) is 0.401. The summed E-state index contributed by atoms with van der Waals surface area (Å²) >= 11 is 1.74. The van der Waals surface area contributed by atoms with Crippen LogP contribution >= 0.6 is 23.0 Å². The largest absolute Gasteiger partial charge is 0.489 e. The van der Waals surface area contributed by atoms with E-state index in [1.807, 2.05) is 13.8 Å². The van der Waals surface area contributed by atoms with Crippen molar-refractivity contribution in [1.29, 1.82) is 0 Å². The highest BCUT2D eigenvalue weighted by atomic mass is 127. The zero-order chi connectivity index (χ0) is 16.3. The summed E-state index contributed by atoms with van der Waals surface area (Å²) in [4.78, 5) is 12.0. The average Bonchev–Trinajstić information content (AvgIpc) is 2.79. The topological polar surface area (TPSA) is 71.2 Å². The van der Waals surface area contributed by atoms with E-state index in [0.29, 0.717) is 17.9 Å². The number of nitrogens with zero attached hydrogens (tertiary/aromatic N) is 4. The van der Waals surface area contributed by atoms with Gasteiger partial charge in [-0.2, -0.15) is 9.36 Å². The second-order valence-corrected chi connectivity index (χ2v) is 5.58. The minimum Gasteiger partial charge on any atom is -0.489 e. The molecule has 0 saturated heterocycles. The van der Waals surface area contributed by atoms with Crippen LogP contribution in [0.2, 0.25) is 0 Å². The number of rotatable bonds is 6. The second-order valence-electron chi connectivity index (χ2n) is 4.95. The first-order valence-corrected chi connectivity index (χ1v) is 7.53. The molecule has 0 aliphatic carbocycles. The molecular weight excluding hydrogens is 406 g/mol. The van der Waals surface area contributed by atoms with Crippen molar-refractivity contribution < 1.29 is 12.2 Å². The van der Waals surface area contributed by atoms with Crippen LogP contribution in [0.3, 0.4) is 0 Å². The average molecular weight is 422 g/mol. The third kappa shape index (κ3) is 3.46. The summed E-state index contributed by atoms with van der Waals surface area (Å²) in [6, 6.07) is 2.83. The Bertz CT molecular complexity index is 714. The van der Waals surface area contributed by atoms with Gasteiger partial charge in [0.1, 0.15) is 46.9 Å². The van der Waals surface area contributed by atoms with E-state index in [-0.39, 0.29) is 24.1 Å². The number of ether oxygens (including phenoxy) is 1. The third-order valence-corrected chi connectivity index (χ3v) is 3.51. The molecule has 120 valence electrons. The van der Waals surface area contributed by atoms with Crippen molar-refractivity contribution in [3.8, 4) is 11.4 Å². The first kappa shape index (κ1) is 16.9. The van der Waals surface area contributed by atoms with E-state index in [9.17, 15) is 9.18 Å². The highest BCUT2D eigenvalue weighted by Crippen LogP contribution is 2.29. The van der Waals surface area contributed by atoms with E-state index >= 15 is 0 Å². The molecule has 1 aromatic carbocycles. The summed E-state index contributed by atoms with van der Waals surface area (Å²) in [6.45, 7) is 4.30. The smallest absolute Gasteiger partial charge is 0.368 e. The van der Waals surface area contributed by atoms with Crippen molar-refractivity contribution in [3.63, 3.8) is 0 Å². The normalized spacial score (nSPS) is 11.2. The molecule has 1 aromatic heterocycles. The van der Waals surface area contributed by atoms with Crippen LogP contribution in [0, 0.1) is 5.82 Å². The molecule has 0 radical (unpaired) electrons. The fourth-order valence-electron chi connectivity index (χ4n) is 1.93. The van der Waals surface area contributed by atoms with Crippen LogP contribution in [-0.4, -0.2) is 33.0 Å². The number of hydrogen-bond acceptors (Lipinski definition) is 5. The van der Waals surface area contributed by atoms with E-state index < -0.39 is 5.69 Å². The highest BCUT2D eigenvalue weighted by molar-refractivity contribution is 14.1. The molecule has 0 spiro atoms. The molecule has 0 aliphatic heterocycles. The van der Waals surface area contributed by atoms with Crippen LogP contribution in [0.1, 0.15) is 25.3 Å². The second kappa shape index (κ2) is 7.18. The monoisotopic (exact) mass is 422 g/mol. The summed E-state index contributed by atoms with van der Waals surface area (Å²) in [5.74, 6) is -0.211. The molecule has 22 heavy (non-hydrogen) atoms. The maximum absolute atomic E-state index is 14.2. The van der Waals surface area contributed by atoms with Crippen LogP contribution in [0.4, 0.5) is 4.39 Å². The Labute approximate surface area is 140 Å². The fraction of sp³-hybridized carbons (Fsp3) is 0.462. The van der Waals surface area contributed by atoms with Gasteiger partial charge in [-0.15, -0.1) is 0 Å². The molecule has 2 aromatic rings. The number of benzene rings is 1. The summed E-state index contributed by atoms with van der Waals surface area (Å²) in [7, 11) is 1.49. The van der Waals surface area contributed by atoms with Gasteiger partial charge >= 0.3 is 5.69 Å². The Morgan fingerprint density at radius 3 is 2.59 bits per heavy atom. The van der Waals surface area contributed by atoms with Gasteiger partial charge in [-0.1, -0.05) is 13.8 Å². The van der Waals surface area contributed by atoms with E-state index in [2.05, 4.69) is 10.4 Å². The molecule has 0 atom stereocenters. The maximum atomic E-state index is 14.2. The molecule has 0 saturated carbocycles. The molecule has 0 aliphatic rings. The van der Waals surface area contributed by atoms with Crippen LogP contribution in [-0.2, 0) is 10.1 Å². The molecule has 0 unspecified atom stereocenters. The Morgan fingerprint density at radius 1 is 1.32 bits per heavy atom. The lowest BCUT2D eigenvalue weighted by atomic mass is 10.0. The first-order valence-electron chi connectivity index (χ1n) is 6.64. The maximum Gasteiger partial charge on any atom is 0.368 e. The highest BCUT2D eigenvalue weighted by Gasteiger charge is 2.18. The van der Waals surface area contributed by atoms with Gasteiger partial charge in [-0.3, -0.25) is 0 Å². The third-order valence-electron chi connectivity index (χ3n) is 3.07. The number of aromatic nitrogens is 4. The molecule has 0 amide bonds. The van der Waals surface area contributed by atoms with Crippen LogP contribution in [0.5, 0.6) is 5.75 Å². The van der Waals surface area contributed by atoms with Crippen molar-refractivity contribution in [2.24, 2.45) is 7.05 Å². The molecule has 1 heterocycles. The van der Waals surface area contributed by atoms with Gasteiger partial charge in [0.2, 0.25) is 0 Å². The Kier molecular flexibility index (Phi) is 5.51. The predicted molar refractivity (Wildman–Crippen MR) is 86.1 cm³/mol. The van der Waals surface area contributed by atoms with E-state index in [1.165, 1.54) is 13.1 Å². The van der Waals surface area contributed by atoms with E-state index in [0.717, 1.165) is 9.36 Å². The first-order chi connectivity index (χ1) is 10.5. The van der Waals surface area contributed by atoms with Gasteiger partial charge in [-0.05, 0) is 28.0 Å². The fourth-order valence-corrected chi connectivity index (χ4v) is 2.11. The quantitative estimate of drug-likeness (QED) is 0.526. The zero-order valence-corrected chi connectivity index (χ0v) is 14.6. The van der Waals surface area contributed by atoms with E-state index in [1.54, 1.807) is 29.1 Å². The molecule has 0 bridgehead atoms. The van der Waals surface area contributed by atoms with E-state index in [4.69, 9.17) is 7.80 Å². The van der Waals surface area contributed by atoms with Gasteiger partial charge in [0.25, 0.3) is 0 Å². The van der Waals surface area contributed by atoms with Gasteiger partial charge in [0.15, 0.2) is 0 Å². The van der Waals surface area contributed by atoms with Gasteiger partial charge in [-0.25, -0.2) is 9.18 Å². The minimum atomic E-state index is -0.434. The predicted octanol–water partition coefficient (Wildman–Crippen LogP) is 1.97. The summed E-state index contributed by atoms with van der Waals surface area (Å²) in [6.07, 6.45) is 0. The number of hydrogen-bond donors (Lipinski definition) is 0. The van der Waals surface area contributed by atoms with Gasteiger partial charge < -0.3 is 7.80 Å². The van der Waals surface area contributed by atoms with Gasteiger partial charge in [0.05, 0.1) is 6.61 Å². The Balaban J connectivity index is 2.54. The van der Waals surface area contributed by atoms with Gasteiger partial charge in [0, 0.05) is 13.1 Å². The molecule has 0 fully saturated rings.